The number of hydrogen-bond donors (Lipinski definition) is 1. The van der Waals surface area contributed by atoms with Crippen molar-refractivity contribution in [2.45, 2.75) is 52.5 Å². The molecular formula is C16H22N2S. The lowest BCUT2D eigenvalue weighted by molar-refractivity contribution is 0.184. The van der Waals surface area contributed by atoms with Crippen molar-refractivity contribution >= 4 is 23.3 Å². The molecule has 0 radical (unpaired) electrons. The molecule has 1 aromatic heterocycles. The van der Waals surface area contributed by atoms with Gasteiger partial charge in [-0.05, 0) is 49.0 Å². The Morgan fingerprint density at radius 2 is 2.00 bits per heavy atom. The van der Waals surface area contributed by atoms with Crippen LogP contribution in [-0.2, 0) is 6.54 Å². The minimum absolute atomic E-state index is 0.412. The number of fused-ring (bicyclic) bond motifs is 1. The third kappa shape index (κ3) is 2.36. The Kier molecular flexibility index (Phi) is 3.25. The van der Waals surface area contributed by atoms with Crippen LogP contribution in [-0.4, -0.2) is 9.55 Å². The van der Waals surface area contributed by atoms with Crippen LogP contribution in [0, 0.1) is 17.1 Å². The number of hydrogen-bond acceptors (Lipinski definition) is 1. The first-order valence-corrected chi connectivity index (χ1v) is 7.68. The zero-order valence-corrected chi connectivity index (χ0v) is 12.6. The van der Waals surface area contributed by atoms with E-state index in [0.29, 0.717) is 5.41 Å². The standard InChI is InChI=1S/C16H22N2S/c1-12-7-6-8-13-14(12)17-15(19)18(13)11-16(2)9-4-3-5-10-16/h6-8H,3-5,9-11H2,1-2H3,(H,17,19). The second kappa shape index (κ2) is 4.78. The fraction of sp³-hybridized carbons (Fsp3) is 0.562. The molecule has 1 aromatic carbocycles. The maximum absolute atomic E-state index is 5.54. The predicted octanol–water partition coefficient (Wildman–Crippen LogP) is 4.98. The van der Waals surface area contributed by atoms with Crippen LogP contribution in [0.3, 0.4) is 0 Å². The van der Waals surface area contributed by atoms with Crippen molar-refractivity contribution in [3.8, 4) is 0 Å². The maximum atomic E-state index is 5.54. The number of imidazole rings is 1. The third-order valence-electron chi connectivity index (χ3n) is 4.62. The van der Waals surface area contributed by atoms with Crippen LogP contribution >= 0.6 is 12.2 Å². The smallest absolute Gasteiger partial charge is 0.178 e. The van der Waals surface area contributed by atoms with Crippen molar-refractivity contribution in [1.29, 1.82) is 0 Å². The molecular weight excluding hydrogens is 252 g/mol. The fourth-order valence-corrected chi connectivity index (χ4v) is 3.69. The number of H-pyrrole nitrogens is 1. The van der Waals surface area contributed by atoms with Gasteiger partial charge in [-0.15, -0.1) is 0 Å². The summed E-state index contributed by atoms with van der Waals surface area (Å²) in [6.45, 7) is 5.61. The number of aryl methyl sites for hydroxylation is 1. The van der Waals surface area contributed by atoms with Crippen LogP contribution in [0.15, 0.2) is 18.2 Å². The van der Waals surface area contributed by atoms with Gasteiger partial charge in [-0.2, -0.15) is 0 Å². The van der Waals surface area contributed by atoms with Gasteiger partial charge in [0.2, 0.25) is 0 Å². The van der Waals surface area contributed by atoms with Crippen molar-refractivity contribution in [2.75, 3.05) is 0 Å². The Hall–Kier alpha value is -1.09. The highest BCUT2D eigenvalue weighted by molar-refractivity contribution is 7.71. The minimum atomic E-state index is 0.412. The predicted molar refractivity (Wildman–Crippen MR) is 83.1 cm³/mol. The Bertz CT molecular complexity index is 644. The van der Waals surface area contributed by atoms with Crippen molar-refractivity contribution in [3.05, 3.63) is 28.5 Å². The molecule has 1 fully saturated rings. The van der Waals surface area contributed by atoms with Gasteiger partial charge in [0.1, 0.15) is 0 Å². The van der Waals surface area contributed by atoms with Crippen LogP contribution in [0.1, 0.15) is 44.6 Å². The SMILES string of the molecule is Cc1cccc2c1[nH]c(=S)n2CC1(C)CCCCC1. The first kappa shape index (κ1) is 12.9. The highest BCUT2D eigenvalue weighted by atomic mass is 32.1. The van der Waals surface area contributed by atoms with Gasteiger partial charge in [0.15, 0.2) is 4.77 Å². The highest BCUT2D eigenvalue weighted by Crippen LogP contribution is 2.38. The number of benzene rings is 1. The number of aromatic nitrogens is 2. The van der Waals surface area contributed by atoms with Crippen LogP contribution in [0.4, 0.5) is 0 Å². The van der Waals surface area contributed by atoms with E-state index in [4.69, 9.17) is 12.2 Å². The average molecular weight is 274 g/mol. The first-order chi connectivity index (χ1) is 9.09. The Morgan fingerprint density at radius 3 is 2.74 bits per heavy atom. The molecule has 102 valence electrons. The van der Waals surface area contributed by atoms with E-state index in [1.807, 2.05) is 0 Å². The van der Waals surface area contributed by atoms with E-state index in [1.165, 1.54) is 48.7 Å². The quantitative estimate of drug-likeness (QED) is 0.766. The average Bonchev–Trinajstić information content (AvgIpc) is 2.69. The molecule has 1 saturated carbocycles. The van der Waals surface area contributed by atoms with Gasteiger partial charge in [0.25, 0.3) is 0 Å². The Morgan fingerprint density at radius 1 is 1.26 bits per heavy atom. The van der Waals surface area contributed by atoms with Gasteiger partial charge in [-0.3, -0.25) is 0 Å². The number of para-hydroxylation sites is 1. The molecule has 0 amide bonds. The fourth-order valence-electron chi connectivity index (χ4n) is 3.43. The van der Waals surface area contributed by atoms with E-state index in [1.54, 1.807) is 0 Å². The zero-order chi connectivity index (χ0) is 13.5. The molecule has 1 N–H and O–H groups in total. The molecule has 0 aliphatic heterocycles. The van der Waals surface area contributed by atoms with E-state index < -0.39 is 0 Å². The number of aromatic amines is 1. The molecule has 1 aliphatic carbocycles. The molecule has 0 atom stereocenters. The molecule has 2 aromatic rings. The molecule has 3 heteroatoms. The summed E-state index contributed by atoms with van der Waals surface area (Å²) >= 11 is 5.54. The third-order valence-corrected chi connectivity index (χ3v) is 4.94. The zero-order valence-electron chi connectivity index (χ0n) is 11.8. The van der Waals surface area contributed by atoms with Crippen molar-refractivity contribution in [3.63, 3.8) is 0 Å². The van der Waals surface area contributed by atoms with E-state index in [-0.39, 0.29) is 0 Å². The van der Waals surface area contributed by atoms with Crippen molar-refractivity contribution in [1.82, 2.24) is 9.55 Å². The summed E-state index contributed by atoms with van der Waals surface area (Å²) in [5.41, 5.74) is 4.15. The molecule has 0 unspecified atom stereocenters. The molecule has 1 aliphatic rings. The van der Waals surface area contributed by atoms with E-state index in [9.17, 15) is 0 Å². The van der Waals surface area contributed by atoms with E-state index in [0.717, 1.165) is 11.3 Å². The second-order valence-electron chi connectivity index (χ2n) is 6.36. The second-order valence-corrected chi connectivity index (χ2v) is 6.74. The number of nitrogens with one attached hydrogen (secondary N) is 1. The molecule has 2 nitrogen and oxygen atoms in total. The van der Waals surface area contributed by atoms with Gasteiger partial charge >= 0.3 is 0 Å². The van der Waals surface area contributed by atoms with Gasteiger partial charge < -0.3 is 9.55 Å². The molecule has 1 heterocycles. The van der Waals surface area contributed by atoms with E-state index in [2.05, 4.69) is 41.6 Å². The van der Waals surface area contributed by atoms with Crippen LogP contribution in [0.25, 0.3) is 11.0 Å². The molecule has 0 spiro atoms. The summed E-state index contributed by atoms with van der Waals surface area (Å²) < 4.78 is 3.18. The first-order valence-electron chi connectivity index (χ1n) is 7.27. The summed E-state index contributed by atoms with van der Waals surface area (Å²) in [5.74, 6) is 0. The monoisotopic (exact) mass is 274 g/mol. The molecule has 19 heavy (non-hydrogen) atoms. The number of rotatable bonds is 2. The van der Waals surface area contributed by atoms with Gasteiger partial charge in [-0.1, -0.05) is 38.3 Å². The van der Waals surface area contributed by atoms with E-state index >= 15 is 0 Å². The lowest BCUT2D eigenvalue weighted by Crippen LogP contribution is -2.26. The normalized spacial score (nSPS) is 18.8. The lowest BCUT2D eigenvalue weighted by Gasteiger charge is -2.34. The van der Waals surface area contributed by atoms with Gasteiger partial charge in [0, 0.05) is 6.54 Å². The number of nitrogens with zero attached hydrogens (tertiary/aromatic N) is 1. The minimum Gasteiger partial charge on any atom is -0.330 e. The molecule has 0 bridgehead atoms. The topological polar surface area (TPSA) is 20.7 Å². The summed E-state index contributed by atoms with van der Waals surface area (Å²) in [7, 11) is 0. The lowest BCUT2D eigenvalue weighted by atomic mass is 9.75. The maximum Gasteiger partial charge on any atom is 0.178 e. The largest absolute Gasteiger partial charge is 0.330 e. The Balaban J connectivity index is 2.03. The summed E-state index contributed by atoms with van der Waals surface area (Å²) in [6, 6.07) is 6.45. The summed E-state index contributed by atoms with van der Waals surface area (Å²) in [5, 5.41) is 0. The summed E-state index contributed by atoms with van der Waals surface area (Å²) in [6.07, 6.45) is 6.78. The van der Waals surface area contributed by atoms with Gasteiger partial charge in [-0.25, -0.2) is 0 Å². The Labute approximate surface area is 119 Å². The van der Waals surface area contributed by atoms with Crippen LogP contribution < -0.4 is 0 Å². The molecule has 0 saturated heterocycles. The summed E-state index contributed by atoms with van der Waals surface area (Å²) in [4.78, 5) is 3.38. The van der Waals surface area contributed by atoms with Crippen LogP contribution in [0.5, 0.6) is 0 Å². The van der Waals surface area contributed by atoms with Crippen molar-refractivity contribution in [2.24, 2.45) is 5.41 Å². The van der Waals surface area contributed by atoms with Crippen LogP contribution in [0.2, 0.25) is 0 Å². The highest BCUT2D eigenvalue weighted by Gasteiger charge is 2.28. The van der Waals surface area contributed by atoms with Crippen molar-refractivity contribution < 1.29 is 0 Å². The molecule has 3 rings (SSSR count). The van der Waals surface area contributed by atoms with Gasteiger partial charge in [0.05, 0.1) is 11.0 Å².